The number of para-hydroxylation sites is 1. The molecule has 0 bridgehead atoms. The first-order valence-corrected chi connectivity index (χ1v) is 12.0. The van der Waals surface area contributed by atoms with Crippen LogP contribution in [0.4, 0.5) is 0 Å². The third-order valence-corrected chi connectivity index (χ3v) is 6.48. The van der Waals surface area contributed by atoms with Gasteiger partial charge in [-0.15, -0.1) is 0 Å². The van der Waals surface area contributed by atoms with Crippen LogP contribution in [0.2, 0.25) is 0 Å². The number of rotatable bonds is 7. The minimum Gasteiger partial charge on any atom is -0.493 e. The number of carboxylic acids is 1. The number of hydrogen-bond acceptors (Lipinski definition) is 6. The zero-order chi connectivity index (χ0) is 24.2. The Morgan fingerprint density at radius 2 is 2.03 bits per heavy atom. The highest BCUT2D eigenvalue weighted by Gasteiger charge is 2.23. The maximum atomic E-state index is 13.5. The quantitative estimate of drug-likeness (QED) is 0.436. The predicted octanol–water partition coefficient (Wildman–Crippen LogP) is 4.95. The summed E-state index contributed by atoms with van der Waals surface area (Å²) in [5.74, 6) is 0.290. The Kier molecular flexibility index (Phi) is 7.31. The van der Waals surface area contributed by atoms with Gasteiger partial charge in [-0.25, -0.2) is 9.78 Å². The maximum absolute atomic E-state index is 13.5. The smallest absolute Gasteiger partial charge is 0.344 e. The van der Waals surface area contributed by atoms with Crippen molar-refractivity contribution in [2.24, 2.45) is 5.10 Å². The second-order valence-electron chi connectivity index (χ2n) is 8.30. The first kappa shape index (κ1) is 23.9. The lowest BCUT2D eigenvalue weighted by Crippen LogP contribution is -2.25. The zero-order valence-electron chi connectivity index (χ0n) is 19.0. The summed E-state index contributed by atoms with van der Waals surface area (Å²) in [5, 5.41) is 14.3. The highest BCUT2D eigenvalue weighted by molar-refractivity contribution is 9.10. The topological polar surface area (TPSA) is 103 Å². The van der Waals surface area contributed by atoms with Crippen molar-refractivity contribution in [2.45, 2.75) is 51.0 Å². The van der Waals surface area contributed by atoms with Crippen molar-refractivity contribution < 1.29 is 19.4 Å². The van der Waals surface area contributed by atoms with Crippen LogP contribution in [-0.2, 0) is 4.79 Å². The molecule has 0 unspecified atom stereocenters. The van der Waals surface area contributed by atoms with Crippen LogP contribution in [0.25, 0.3) is 10.9 Å². The third-order valence-electron chi connectivity index (χ3n) is 5.99. The molecular weight excluding hydrogens is 502 g/mol. The lowest BCUT2D eigenvalue weighted by Gasteiger charge is -2.23. The second-order valence-corrected chi connectivity index (χ2v) is 9.22. The predicted molar refractivity (Wildman–Crippen MR) is 133 cm³/mol. The molecule has 0 radical (unpaired) electrons. The molecule has 1 fully saturated rings. The number of benzene rings is 2. The van der Waals surface area contributed by atoms with Gasteiger partial charge in [-0.05, 0) is 50.1 Å². The average molecular weight is 528 g/mol. The summed E-state index contributed by atoms with van der Waals surface area (Å²) in [6, 6.07) is 10.6. The van der Waals surface area contributed by atoms with E-state index in [4.69, 9.17) is 14.5 Å². The molecule has 2 aromatic carbocycles. The molecule has 4 rings (SSSR count). The number of ether oxygens (including phenoxy) is 2. The van der Waals surface area contributed by atoms with E-state index >= 15 is 0 Å². The van der Waals surface area contributed by atoms with E-state index in [9.17, 15) is 14.7 Å². The third kappa shape index (κ3) is 4.99. The number of methoxy groups -OCH3 is 1. The standard InChI is InChI=1S/C25H26BrN3O5/c1-15(25(31)32)34-22-17(9-6-10-21(22)33-2)14-27-29-23(16-7-4-3-5-8-16)28-20-12-11-18(26)13-19(20)24(29)30/h6,9-16H,3-5,7-8H2,1-2H3,(H,31,32)/t15-/m1/s1. The molecule has 0 saturated heterocycles. The van der Waals surface area contributed by atoms with E-state index in [2.05, 4.69) is 21.0 Å². The second kappa shape index (κ2) is 10.4. The summed E-state index contributed by atoms with van der Waals surface area (Å²) in [4.78, 5) is 29.7. The summed E-state index contributed by atoms with van der Waals surface area (Å²) < 4.78 is 13.2. The van der Waals surface area contributed by atoms with Crippen LogP contribution in [-0.4, -0.2) is 40.2 Å². The van der Waals surface area contributed by atoms with Crippen LogP contribution in [0.15, 0.2) is 50.8 Å². The number of fused-ring (bicyclic) bond motifs is 1. The Bertz CT molecular complexity index is 1300. The van der Waals surface area contributed by atoms with Crippen LogP contribution in [0.3, 0.4) is 0 Å². The number of hydrogen-bond donors (Lipinski definition) is 1. The molecule has 178 valence electrons. The van der Waals surface area contributed by atoms with Crippen LogP contribution in [0.1, 0.15) is 56.3 Å². The van der Waals surface area contributed by atoms with Crippen LogP contribution >= 0.6 is 15.9 Å². The number of carboxylic acid groups (broad SMARTS) is 1. The summed E-state index contributed by atoms with van der Waals surface area (Å²) in [6.07, 6.45) is 5.65. The van der Waals surface area contributed by atoms with Gasteiger partial charge in [0.15, 0.2) is 17.6 Å². The molecule has 9 heteroatoms. The SMILES string of the molecule is COc1cccc(C=Nn2c(C3CCCCC3)nc3ccc(Br)cc3c2=O)c1O[C@H](C)C(=O)O. The molecule has 0 aliphatic heterocycles. The van der Waals surface area contributed by atoms with Gasteiger partial charge in [0.05, 0.1) is 24.2 Å². The van der Waals surface area contributed by atoms with E-state index in [1.807, 2.05) is 12.1 Å². The van der Waals surface area contributed by atoms with Gasteiger partial charge in [-0.3, -0.25) is 4.79 Å². The fourth-order valence-corrected chi connectivity index (χ4v) is 4.53. The largest absolute Gasteiger partial charge is 0.493 e. The average Bonchev–Trinajstić information content (AvgIpc) is 2.84. The molecular formula is C25H26BrN3O5. The van der Waals surface area contributed by atoms with Gasteiger partial charge < -0.3 is 14.6 Å². The Hall–Kier alpha value is -3.20. The number of carbonyl (C=O) groups is 1. The Labute approximate surface area is 205 Å². The normalized spacial score (nSPS) is 15.5. The summed E-state index contributed by atoms with van der Waals surface area (Å²) >= 11 is 3.43. The van der Waals surface area contributed by atoms with Crippen molar-refractivity contribution in [2.75, 3.05) is 7.11 Å². The van der Waals surface area contributed by atoms with Crippen LogP contribution in [0.5, 0.6) is 11.5 Å². The highest BCUT2D eigenvalue weighted by Crippen LogP contribution is 2.33. The van der Waals surface area contributed by atoms with Crippen molar-refractivity contribution in [3.05, 3.63) is 62.6 Å². The minimum absolute atomic E-state index is 0.139. The molecule has 0 amide bonds. The Balaban J connectivity index is 1.84. The molecule has 0 spiro atoms. The maximum Gasteiger partial charge on any atom is 0.344 e. The molecule has 8 nitrogen and oxygen atoms in total. The summed E-state index contributed by atoms with van der Waals surface area (Å²) in [7, 11) is 1.48. The molecule has 1 atom stereocenters. The van der Waals surface area contributed by atoms with Gasteiger partial charge in [0.25, 0.3) is 5.56 Å². The van der Waals surface area contributed by atoms with Gasteiger partial charge in [0.2, 0.25) is 0 Å². The molecule has 3 aromatic rings. The Morgan fingerprint density at radius 1 is 1.26 bits per heavy atom. The van der Waals surface area contributed by atoms with Crippen molar-refractivity contribution in [1.29, 1.82) is 0 Å². The number of nitrogens with zero attached hydrogens (tertiary/aromatic N) is 3. The summed E-state index contributed by atoms with van der Waals surface area (Å²) in [5.41, 5.74) is 0.872. The number of aliphatic carboxylic acids is 1. The molecule has 1 aliphatic carbocycles. The first-order valence-electron chi connectivity index (χ1n) is 11.2. The number of halogens is 1. The first-order chi connectivity index (χ1) is 16.4. The van der Waals surface area contributed by atoms with Crippen molar-refractivity contribution in [1.82, 2.24) is 9.66 Å². The van der Waals surface area contributed by atoms with Crippen molar-refractivity contribution in [3.63, 3.8) is 0 Å². The van der Waals surface area contributed by atoms with E-state index in [0.29, 0.717) is 28.0 Å². The highest BCUT2D eigenvalue weighted by atomic mass is 79.9. The van der Waals surface area contributed by atoms with E-state index < -0.39 is 12.1 Å². The van der Waals surface area contributed by atoms with E-state index in [1.165, 1.54) is 31.3 Å². The lowest BCUT2D eigenvalue weighted by atomic mass is 9.88. The molecule has 1 aromatic heterocycles. The number of aromatic nitrogens is 2. The van der Waals surface area contributed by atoms with E-state index in [1.54, 1.807) is 24.3 Å². The van der Waals surface area contributed by atoms with Crippen molar-refractivity contribution in [3.8, 4) is 11.5 Å². The van der Waals surface area contributed by atoms with E-state index in [-0.39, 0.29) is 17.2 Å². The minimum atomic E-state index is -1.10. The lowest BCUT2D eigenvalue weighted by molar-refractivity contribution is -0.144. The van der Waals surface area contributed by atoms with Gasteiger partial charge in [-0.2, -0.15) is 9.78 Å². The van der Waals surface area contributed by atoms with Crippen LogP contribution < -0.4 is 15.0 Å². The molecule has 1 heterocycles. The van der Waals surface area contributed by atoms with Gasteiger partial charge >= 0.3 is 5.97 Å². The van der Waals surface area contributed by atoms with Gasteiger partial charge in [0, 0.05) is 16.0 Å². The van der Waals surface area contributed by atoms with Gasteiger partial charge in [-0.1, -0.05) is 41.3 Å². The summed E-state index contributed by atoms with van der Waals surface area (Å²) in [6.45, 7) is 1.44. The zero-order valence-corrected chi connectivity index (χ0v) is 20.6. The van der Waals surface area contributed by atoms with Crippen LogP contribution in [0, 0.1) is 0 Å². The Morgan fingerprint density at radius 3 is 2.74 bits per heavy atom. The fourth-order valence-electron chi connectivity index (χ4n) is 4.17. The molecule has 34 heavy (non-hydrogen) atoms. The molecule has 1 saturated carbocycles. The van der Waals surface area contributed by atoms with Crippen molar-refractivity contribution >= 4 is 39.0 Å². The van der Waals surface area contributed by atoms with E-state index in [0.717, 1.165) is 30.2 Å². The monoisotopic (exact) mass is 527 g/mol. The molecule has 1 N–H and O–H groups in total. The molecule has 1 aliphatic rings. The van der Waals surface area contributed by atoms with Gasteiger partial charge in [0.1, 0.15) is 5.82 Å². The fraction of sp³-hybridized carbons (Fsp3) is 0.360.